The van der Waals surface area contributed by atoms with E-state index < -0.39 is 18.3 Å². The molecule has 2 rings (SSSR count). The third-order valence-electron chi connectivity index (χ3n) is 3.12. The van der Waals surface area contributed by atoms with Crippen LogP contribution in [0.5, 0.6) is 0 Å². The fourth-order valence-electron chi connectivity index (χ4n) is 2.12. The van der Waals surface area contributed by atoms with Crippen molar-refractivity contribution in [1.82, 2.24) is 0 Å². The van der Waals surface area contributed by atoms with Crippen LogP contribution in [0.4, 0.5) is 0 Å². The van der Waals surface area contributed by atoms with E-state index in [-0.39, 0.29) is 19.0 Å². The van der Waals surface area contributed by atoms with E-state index in [1.54, 1.807) is 0 Å². The van der Waals surface area contributed by atoms with Gasteiger partial charge in [0.2, 0.25) is 0 Å². The Morgan fingerprint density at radius 2 is 2.00 bits per heavy atom. The van der Waals surface area contributed by atoms with Gasteiger partial charge in [0, 0.05) is 0 Å². The van der Waals surface area contributed by atoms with E-state index in [1.807, 2.05) is 0 Å². The SMILES string of the molecule is CCCCC1OCC([C@H]2OCC(O)[C@H]2O)O1. The number of hydrogen-bond acceptors (Lipinski definition) is 5. The van der Waals surface area contributed by atoms with Crippen molar-refractivity contribution in [1.29, 1.82) is 0 Å². The van der Waals surface area contributed by atoms with Gasteiger partial charge >= 0.3 is 0 Å². The zero-order valence-electron chi connectivity index (χ0n) is 9.54. The number of unbranched alkanes of at least 4 members (excludes halogenated alkanes) is 1. The third-order valence-corrected chi connectivity index (χ3v) is 3.12. The third kappa shape index (κ3) is 2.55. The van der Waals surface area contributed by atoms with Gasteiger partial charge in [-0.2, -0.15) is 0 Å². The maximum absolute atomic E-state index is 9.67. The van der Waals surface area contributed by atoms with Gasteiger partial charge in [-0.3, -0.25) is 0 Å². The monoisotopic (exact) mass is 232 g/mol. The Kier molecular flexibility index (Phi) is 4.16. The van der Waals surface area contributed by atoms with Crippen molar-refractivity contribution in [3.05, 3.63) is 0 Å². The molecule has 0 radical (unpaired) electrons. The summed E-state index contributed by atoms with van der Waals surface area (Å²) >= 11 is 0. The van der Waals surface area contributed by atoms with Crippen molar-refractivity contribution in [2.75, 3.05) is 13.2 Å². The van der Waals surface area contributed by atoms with Gasteiger partial charge in [0.25, 0.3) is 0 Å². The maximum atomic E-state index is 9.67. The largest absolute Gasteiger partial charge is 0.388 e. The summed E-state index contributed by atoms with van der Waals surface area (Å²) in [7, 11) is 0. The van der Waals surface area contributed by atoms with Crippen molar-refractivity contribution in [3.63, 3.8) is 0 Å². The first-order valence-corrected chi connectivity index (χ1v) is 5.97. The quantitative estimate of drug-likeness (QED) is 0.716. The summed E-state index contributed by atoms with van der Waals surface area (Å²) in [6, 6.07) is 0. The van der Waals surface area contributed by atoms with Gasteiger partial charge in [0.1, 0.15) is 24.4 Å². The predicted octanol–water partition coefficient (Wildman–Crippen LogP) is 0.0387. The lowest BCUT2D eigenvalue weighted by Crippen LogP contribution is -2.39. The van der Waals surface area contributed by atoms with Crippen LogP contribution in [0.2, 0.25) is 0 Å². The Bertz CT molecular complexity index is 222. The number of hydrogen-bond donors (Lipinski definition) is 2. The van der Waals surface area contributed by atoms with E-state index in [1.165, 1.54) is 0 Å². The van der Waals surface area contributed by atoms with Gasteiger partial charge in [-0.1, -0.05) is 13.3 Å². The van der Waals surface area contributed by atoms with Gasteiger partial charge in [-0.25, -0.2) is 0 Å². The Morgan fingerprint density at radius 3 is 2.62 bits per heavy atom. The fraction of sp³-hybridized carbons (Fsp3) is 1.00. The molecule has 2 N–H and O–H groups in total. The van der Waals surface area contributed by atoms with Crippen LogP contribution < -0.4 is 0 Å². The van der Waals surface area contributed by atoms with E-state index in [2.05, 4.69) is 6.92 Å². The molecule has 3 unspecified atom stereocenters. The zero-order valence-corrected chi connectivity index (χ0v) is 9.54. The van der Waals surface area contributed by atoms with E-state index >= 15 is 0 Å². The lowest BCUT2D eigenvalue weighted by molar-refractivity contribution is -0.103. The average molecular weight is 232 g/mol. The second-order valence-corrected chi connectivity index (χ2v) is 4.44. The van der Waals surface area contributed by atoms with Crippen LogP contribution in [0.3, 0.4) is 0 Å². The highest BCUT2D eigenvalue weighted by Gasteiger charge is 2.43. The van der Waals surface area contributed by atoms with Gasteiger partial charge < -0.3 is 24.4 Å². The lowest BCUT2D eigenvalue weighted by Gasteiger charge is -2.20. The summed E-state index contributed by atoms with van der Waals surface area (Å²) in [5.41, 5.74) is 0. The molecule has 5 atom stereocenters. The van der Waals surface area contributed by atoms with E-state index in [0.717, 1.165) is 19.3 Å². The van der Waals surface area contributed by atoms with Gasteiger partial charge in [0.05, 0.1) is 13.2 Å². The Hall–Kier alpha value is -0.200. The van der Waals surface area contributed by atoms with Crippen LogP contribution in [0.15, 0.2) is 0 Å². The number of aliphatic hydroxyl groups is 2. The lowest BCUT2D eigenvalue weighted by atomic mass is 10.1. The number of aliphatic hydroxyl groups excluding tert-OH is 2. The summed E-state index contributed by atoms with van der Waals surface area (Å²) in [4.78, 5) is 0. The maximum Gasteiger partial charge on any atom is 0.158 e. The Morgan fingerprint density at radius 1 is 1.19 bits per heavy atom. The second kappa shape index (κ2) is 5.42. The molecule has 16 heavy (non-hydrogen) atoms. The summed E-state index contributed by atoms with van der Waals surface area (Å²) in [5.74, 6) is 0. The molecule has 2 saturated heterocycles. The summed E-state index contributed by atoms with van der Waals surface area (Å²) < 4.78 is 16.4. The molecule has 0 bridgehead atoms. The van der Waals surface area contributed by atoms with Gasteiger partial charge in [-0.15, -0.1) is 0 Å². The molecule has 0 aromatic rings. The molecule has 0 aromatic carbocycles. The predicted molar refractivity (Wildman–Crippen MR) is 55.9 cm³/mol. The molecular formula is C11H20O5. The van der Waals surface area contributed by atoms with Crippen molar-refractivity contribution < 1.29 is 24.4 Å². The first-order valence-electron chi connectivity index (χ1n) is 5.97. The minimum atomic E-state index is -0.862. The van der Waals surface area contributed by atoms with Crippen LogP contribution in [-0.2, 0) is 14.2 Å². The van der Waals surface area contributed by atoms with E-state index in [9.17, 15) is 10.2 Å². The average Bonchev–Trinajstić information content (AvgIpc) is 2.85. The topological polar surface area (TPSA) is 68.2 Å². The zero-order chi connectivity index (χ0) is 11.5. The first-order chi connectivity index (χ1) is 7.72. The molecule has 5 heteroatoms. The molecule has 5 nitrogen and oxygen atoms in total. The molecule has 0 aromatic heterocycles. The van der Waals surface area contributed by atoms with Crippen molar-refractivity contribution in [3.8, 4) is 0 Å². The van der Waals surface area contributed by atoms with Crippen LogP contribution >= 0.6 is 0 Å². The molecule has 2 aliphatic heterocycles. The second-order valence-electron chi connectivity index (χ2n) is 4.44. The fourth-order valence-corrected chi connectivity index (χ4v) is 2.12. The van der Waals surface area contributed by atoms with Crippen LogP contribution in [0.25, 0.3) is 0 Å². The van der Waals surface area contributed by atoms with Crippen molar-refractivity contribution >= 4 is 0 Å². The highest BCUT2D eigenvalue weighted by Crippen LogP contribution is 2.26. The van der Waals surface area contributed by atoms with E-state index in [4.69, 9.17) is 14.2 Å². The highest BCUT2D eigenvalue weighted by molar-refractivity contribution is 4.90. The smallest absolute Gasteiger partial charge is 0.158 e. The molecule has 94 valence electrons. The number of ether oxygens (including phenoxy) is 3. The molecule has 0 amide bonds. The Balaban J connectivity index is 1.80. The van der Waals surface area contributed by atoms with Crippen molar-refractivity contribution in [2.45, 2.75) is 56.9 Å². The van der Waals surface area contributed by atoms with E-state index in [0.29, 0.717) is 6.61 Å². The summed E-state index contributed by atoms with van der Waals surface area (Å²) in [6.07, 6.45) is 0.484. The van der Waals surface area contributed by atoms with Crippen LogP contribution in [0.1, 0.15) is 26.2 Å². The van der Waals surface area contributed by atoms with Crippen LogP contribution in [-0.4, -0.2) is 54.1 Å². The number of rotatable bonds is 4. The molecule has 2 fully saturated rings. The summed E-state index contributed by atoms with van der Waals surface area (Å²) in [5, 5.41) is 19.0. The van der Waals surface area contributed by atoms with Gasteiger partial charge in [0.15, 0.2) is 6.29 Å². The Labute approximate surface area is 95.3 Å². The molecule has 0 spiro atoms. The molecule has 0 saturated carbocycles. The highest BCUT2D eigenvalue weighted by atomic mass is 16.7. The van der Waals surface area contributed by atoms with Crippen molar-refractivity contribution in [2.24, 2.45) is 0 Å². The molecule has 0 aliphatic carbocycles. The minimum absolute atomic E-state index is 0.172. The standard InChI is InChI=1S/C11H20O5/c1-2-3-4-9-14-6-8(16-9)11-10(13)7(12)5-15-11/h7-13H,2-6H2,1H3/t7?,8?,9?,10-,11-/m1/s1. The molecular weight excluding hydrogens is 212 g/mol. The molecule has 2 heterocycles. The molecule has 2 aliphatic rings. The summed E-state index contributed by atoms with van der Waals surface area (Å²) in [6.45, 7) is 2.72. The first kappa shape index (κ1) is 12.3. The van der Waals surface area contributed by atoms with Gasteiger partial charge in [-0.05, 0) is 12.8 Å². The normalized spacial score (nSPS) is 44.1. The van der Waals surface area contributed by atoms with Crippen LogP contribution in [0, 0.1) is 0 Å². The minimum Gasteiger partial charge on any atom is -0.388 e.